The van der Waals surface area contributed by atoms with Crippen LogP contribution < -0.4 is 5.32 Å². The van der Waals surface area contributed by atoms with Gasteiger partial charge in [-0.3, -0.25) is 9.69 Å². The maximum absolute atomic E-state index is 12.5. The molecule has 1 aliphatic carbocycles. The van der Waals surface area contributed by atoms with Crippen LogP contribution in [0.25, 0.3) is 0 Å². The number of nitrogens with one attached hydrogen (secondary N) is 1. The minimum Gasteiger partial charge on any atom is -0.324 e. The van der Waals surface area contributed by atoms with E-state index < -0.39 is 0 Å². The second-order valence-electron chi connectivity index (χ2n) is 7.30. The quantitative estimate of drug-likeness (QED) is 0.798. The summed E-state index contributed by atoms with van der Waals surface area (Å²) in [5.41, 5.74) is 3.36. The number of likely N-dealkylation sites (N-methyl/N-ethyl adjacent to an activating group) is 1. The number of benzene rings is 1. The van der Waals surface area contributed by atoms with E-state index in [1.54, 1.807) is 0 Å². The van der Waals surface area contributed by atoms with Gasteiger partial charge in [0.15, 0.2) is 0 Å². The van der Waals surface area contributed by atoms with E-state index in [4.69, 9.17) is 0 Å². The largest absolute Gasteiger partial charge is 0.324 e. The number of para-hydroxylation sites is 1. The van der Waals surface area contributed by atoms with Crippen LogP contribution in [-0.2, 0) is 4.79 Å². The molecule has 1 fully saturated rings. The first kappa shape index (κ1) is 18.0. The fourth-order valence-corrected chi connectivity index (χ4v) is 3.58. The van der Waals surface area contributed by atoms with Gasteiger partial charge in [0.2, 0.25) is 5.91 Å². The van der Waals surface area contributed by atoms with Crippen molar-refractivity contribution in [3.05, 3.63) is 29.3 Å². The van der Waals surface area contributed by atoms with Gasteiger partial charge in [0.05, 0.1) is 6.54 Å². The van der Waals surface area contributed by atoms with E-state index >= 15 is 0 Å². The molecule has 1 aromatic carbocycles. The van der Waals surface area contributed by atoms with Gasteiger partial charge in [0.25, 0.3) is 0 Å². The number of nitrogens with zero attached hydrogens (tertiary/aromatic N) is 1. The van der Waals surface area contributed by atoms with Crippen LogP contribution in [0.5, 0.6) is 0 Å². The van der Waals surface area contributed by atoms with Gasteiger partial charge in [-0.25, -0.2) is 0 Å². The van der Waals surface area contributed by atoms with E-state index in [1.165, 1.54) is 44.1 Å². The van der Waals surface area contributed by atoms with Gasteiger partial charge >= 0.3 is 0 Å². The number of anilines is 1. The number of hydrogen-bond donors (Lipinski definition) is 1. The molecule has 1 saturated carbocycles. The van der Waals surface area contributed by atoms with Crippen LogP contribution in [0, 0.1) is 6.92 Å². The zero-order valence-electron chi connectivity index (χ0n) is 15.2. The monoisotopic (exact) mass is 316 g/mol. The van der Waals surface area contributed by atoms with E-state index in [0.29, 0.717) is 18.5 Å². The van der Waals surface area contributed by atoms with E-state index in [9.17, 15) is 4.79 Å². The fraction of sp³-hybridized carbons (Fsp3) is 0.650. The maximum Gasteiger partial charge on any atom is 0.238 e. The van der Waals surface area contributed by atoms with Crippen molar-refractivity contribution in [2.45, 2.75) is 71.3 Å². The Kier molecular flexibility index (Phi) is 6.64. The summed E-state index contributed by atoms with van der Waals surface area (Å²) in [5, 5.41) is 3.17. The molecule has 128 valence electrons. The summed E-state index contributed by atoms with van der Waals surface area (Å²) in [6.07, 6.45) is 7.74. The number of rotatable bonds is 5. The van der Waals surface area contributed by atoms with Crippen molar-refractivity contribution in [3.8, 4) is 0 Å². The molecule has 0 bridgehead atoms. The second kappa shape index (κ2) is 8.49. The molecule has 3 heteroatoms. The first-order valence-electron chi connectivity index (χ1n) is 9.08. The van der Waals surface area contributed by atoms with Crippen molar-refractivity contribution >= 4 is 11.6 Å². The highest BCUT2D eigenvalue weighted by molar-refractivity contribution is 5.93. The smallest absolute Gasteiger partial charge is 0.238 e. The number of amides is 1. The molecule has 1 N–H and O–H groups in total. The molecular formula is C20H32N2O. The molecule has 0 atom stereocenters. The van der Waals surface area contributed by atoms with Crippen LogP contribution in [0.4, 0.5) is 5.69 Å². The predicted octanol–water partition coefficient (Wildman–Crippen LogP) is 4.71. The van der Waals surface area contributed by atoms with Crippen LogP contribution in [0.2, 0.25) is 0 Å². The summed E-state index contributed by atoms with van der Waals surface area (Å²) in [5.74, 6) is 0.512. The SMILES string of the molecule is Cc1cccc(C(C)C)c1NC(=O)CN(C)C1CCCCCC1. The van der Waals surface area contributed by atoms with Crippen LogP contribution in [-0.4, -0.2) is 30.4 Å². The lowest BCUT2D eigenvalue weighted by Crippen LogP contribution is -2.38. The first-order valence-corrected chi connectivity index (χ1v) is 9.08. The average Bonchev–Trinajstić information content (AvgIpc) is 2.78. The normalized spacial score (nSPS) is 16.6. The van der Waals surface area contributed by atoms with E-state index in [0.717, 1.165) is 11.3 Å². The van der Waals surface area contributed by atoms with Gasteiger partial charge in [-0.05, 0) is 43.9 Å². The van der Waals surface area contributed by atoms with Gasteiger partial charge in [-0.1, -0.05) is 57.7 Å². The number of aryl methyl sites for hydroxylation is 1. The highest BCUT2D eigenvalue weighted by Gasteiger charge is 2.20. The van der Waals surface area contributed by atoms with Gasteiger partial charge in [-0.2, -0.15) is 0 Å². The summed E-state index contributed by atoms with van der Waals surface area (Å²) >= 11 is 0. The van der Waals surface area contributed by atoms with Crippen molar-refractivity contribution in [3.63, 3.8) is 0 Å². The zero-order valence-corrected chi connectivity index (χ0v) is 15.2. The van der Waals surface area contributed by atoms with Gasteiger partial charge in [-0.15, -0.1) is 0 Å². The lowest BCUT2D eigenvalue weighted by molar-refractivity contribution is -0.117. The summed E-state index contributed by atoms with van der Waals surface area (Å²) < 4.78 is 0. The molecule has 0 aliphatic heterocycles. The van der Waals surface area contributed by atoms with Crippen molar-refractivity contribution in [1.29, 1.82) is 0 Å². The van der Waals surface area contributed by atoms with Crippen molar-refractivity contribution in [2.24, 2.45) is 0 Å². The summed E-state index contributed by atoms with van der Waals surface area (Å²) in [6, 6.07) is 6.81. The third kappa shape index (κ3) is 5.07. The molecule has 0 unspecified atom stereocenters. The molecule has 2 rings (SSSR count). The lowest BCUT2D eigenvalue weighted by Gasteiger charge is -2.27. The van der Waals surface area contributed by atoms with Crippen LogP contribution >= 0.6 is 0 Å². The van der Waals surface area contributed by atoms with Crippen molar-refractivity contribution in [2.75, 3.05) is 18.9 Å². The number of carbonyl (C=O) groups is 1. The Balaban J connectivity index is 1.99. The Bertz CT molecular complexity index is 516. The molecule has 0 spiro atoms. The topological polar surface area (TPSA) is 32.3 Å². The number of carbonyl (C=O) groups excluding carboxylic acids is 1. The Morgan fingerprint density at radius 3 is 2.48 bits per heavy atom. The molecule has 0 saturated heterocycles. The third-order valence-electron chi connectivity index (χ3n) is 5.03. The van der Waals surface area contributed by atoms with E-state index in [1.807, 2.05) is 0 Å². The minimum absolute atomic E-state index is 0.105. The molecule has 1 aliphatic rings. The molecule has 0 radical (unpaired) electrons. The van der Waals surface area contributed by atoms with Gasteiger partial charge in [0, 0.05) is 11.7 Å². The standard InChI is InChI=1S/C20H32N2O/c1-15(2)18-13-9-10-16(3)20(18)21-19(23)14-22(4)17-11-7-5-6-8-12-17/h9-10,13,15,17H,5-8,11-12,14H2,1-4H3,(H,21,23). The molecule has 1 amide bonds. The maximum atomic E-state index is 12.5. The Labute approximate surface area is 141 Å². The lowest BCUT2D eigenvalue weighted by atomic mass is 9.98. The Morgan fingerprint density at radius 2 is 1.87 bits per heavy atom. The summed E-state index contributed by atoms with van der Waals surface area (Å²) in [4.78, 5) is 14.8. The molecule has 23 heavy (non-hydrogen) atoms. The zero-order chi connectivity index (χ0) is 16.8. The second-order valence-corrected chi connectivity index (χ2v) is 7.30. The van der Waals surface area contributed by atoms with Crippen LogP contribution in [0.3, 0.4) is 0 Å². The molecule has 0 heterocycles. The molecular weight excluding hydrogens is 284 g/mol. The van der Waals surface area contributed by atoms with Crippen molar-refractivity contribution < 1.29 is 4.79 Å². The van der Waals surface area contributed by atoms with Gasteiger partial charge in [0.1, 0.15) is 0 Å². The Morgan fingerprint density at radius 1 is 1.22 bits per heavy atom. The van der Waals surface area contributed by atoms with E-state index in [-0.39, 0.29) is 5.91 Å². The third-order valence-corrected chi connectivity index (χ3v) is 5.03. The summed E-state index contributed by atoms with van der Waals surface area (Å²) in [7, 11) is 2.09. The fourth-order valence-electron chi connectivity index (χ4n) is 3.58. The Hall–Kier alpha value is -1.35. The predicted molar refractivity (Wildman–Crippen MR) is 98.0 cm³/mol. The van der Waals surface area contributed by atoms with Crippen LogP contribution in [0.15, 0.2) is 18.2 Å². The highest BCUT2D eigenvalue weighted by Crippen LogP contribution is 2.27. The number of hydrogen-bond acceptors (Lipinski definition) is 2. The molecule has 3 nitrogen and oxygen atoms in total. The summed E-state index contributed by atoms with van der Waals surface area (Å²) in [6.45, 7) is 6.89. The van der Waals surface area contributed by atoms with E-state index in [2.05, 4.69) is 56.2 Å². The molecule has 1 aromatic rings. The molecule has 0 aromatic heterocycles. The average molecular weight is 316 g/mol. The highest BCUT2D eigenvalue weighted by atomic mass is 16.2. The van der Waals surface area contributed by atoms with Crippen molar-refractivity contribution in [1.82, 2.24) is 4.90 Å². The van der Waals surface area contributed by atoms with Gasteiger partial charge < -0.3 is 5.32 Å². The van der Waals surface area contributed by atoms with Crippen LogP contribution in [0.1, 0.15) is 69.4 Å². The minimum atomic E-state index is 0.105. The first-order chi connectivity index (χ1) is 11.0.